The number of hydrogen-bond donors (Lipinski definition) is 2. The molecule has 1 unspecified atom stereocenters. The van der Waals surface area contributed by atoms with Crippen molar-refractivity contribution in [1.29, 1.82) is 0 Å². The Bertz CT molecular complexity index is 1060. The Labute approximate surface area is 193 Å². The number of likely N-dealkylation sites (tertiary alicyclic amines) is 1. The SMILES string of the molecule is CCN(CC)CCCN1C(=O)C(=O)/C(=C(/O)c2c(C)[nH]c(C(=O)OC)c2C)C1c1ccco1. The number of carbonyl (C=O) groups is 3. The number of aryl methyl sites for hydroxylation is 1. The zero-order valence-electron chi connectivity index (χ0n) is 19.7. The molecule has 9 nitrogen and oxygen atoms in total. The molecule has 2 aromatic heterocycles. The van der Waals surface area contributed by atoms with Gasteiger partial charge in [0.1, 0.15) is 23.3 Å². The summed E-state index contributed by atoms with van der Waals surface area (Å²) in [6.07, 6.45) is 2.13. The van der Waals surface area contributed by atoms with Crippen LogP contribution >= 0.6 is 0 Å². The minimum absolute atomic E-state index is 0.0561. The summed E-state index contributed by atoms with van der Waals surface area (Å²) in [6.45, 7) is 10.4. The minimum Gasteiger partial charge on any atom is -0.507 e. The van der Waals surface area contributed by atoms with Crippen LogP contribution in [0, 0.1) is 13.8 Å². The number of carbonyl (C=O) groups excluding carboxylic acids is 3. The van der Waals surface area contributed by atoms with E-state index in [1.165, 1.54) is 18.3 Å². The van der Waals surface area contributed by atoms with E-state index in [2.05, 4.69) is 23.7 Å². The van der Waals surface area contributed by atoms with Crippen LogP contribution in [0.4, 0.5) is 0 Å². The second-order valence-electron chi connectivity index (χ2n) is 8.00. The van der Waals surface area contributed by atoms with E-state index in [9.17, 15) is 19.5 Å². The number of aliphatic hydroxyl groups excluding tert-OH is 1. The molecule has 1 amide bonds. The summed E-state index contributed by atoms with van der Waals surface area (Å²) in [4.78, 5) is 44.8. The molecule has 0 radical (unpaired) electrons. The van der Waals surface area contributed by atoms with Gasteiger partial charge < -0.3 is 29.0 Å². The maximum absolute atomic E-state index is 13.1. The molecule has 2 N–H and O–H groups in total. The fourth-order valence-electron chi connectivity index (χ4n) is 4.40. The number of ketones is 1. The molecule has 33 heavy (non-hydrogen) atoms. The molecular formula is C24H31N3O6. The van der Waals surface area contributed by atoms with Gasteiger partial charge in [-0.3, -0.25) is 9.59 Å². The van der Waals surface area contributed by atoms with Crippen LogP contribution in [0.15, 0.2) is 28.4 Å². The second kappa shape index (κ2) is 10.1. The first-order valence-electron chi connectivity index (χ1n) is 11.1. The Balaban J connectivity index is 2.06. The molecule has 1 fully saturated rings. The molecule has 0 spiro atoms. The Kier molecular flexibility index (Phi) is 7.43. The highest BCUT2D eigenvalue weighted by Crippen LogP contribution is 2.41. The molecule has 1 saturated heterocycles. The summed E-state index contributed by atoms with van der Waals surface area (Å²) < 4.78 is 10.4. The number of esters is 1. The van der Waals surface area contributed by atoms with E-state index in [-0.39, 0.29) is 17.0 Å². The third-order valence-electron chi connectivity index (χ3n) is 6.18. The van der Waals surface area contributed by atoms with E-state index in [0.29, 0.717) is 35.5 Å². The Morgan fingerprint density at radius 2 is 1.97 bits per heavy atom. The third kappa shape index (κ3) is 4.45. The molecule has 0 aliphatic carbocycles. The van der Waals surface area contributed by atoms with Crippen LogP contribution in [0.2, 0.25) is 0 Å². The maximum atomic E-state index is 13.1. The van der Waals surface area contributed by atoms with Gasteiger partial charge in [0.2, 0.25) is 0 Å². The number of furan rings is 1. The van der Waals surface area contributed by atoms with Gasteiger partial charge in [0.05, 0.1) is 18.9 Å². The molecule has 1 atom stereocenters. The average Bonchev–Trinajstić information content (AvgIpc) is 3.49. The number of amides is 1. The number of rotatable bonds is 9. The lowest BCUT2D eigenvalue weighted by Crippen LogP contribution is -2.33. The van der Waals surface area contributed by atoms with Crippen molar-refractivity contribution in [2.75, 3.05) is 33.3 Å². The molecule has 9 heteroatoms. The van der Waals surface area contributed by atoms with Gasteiger partial charge in [0.15, 0.2) is 0 Å². The first kappa shape index (κ1) is 24.3. The summed E-state index contributed by atoms with van der Waals surface area (Å²) in [6, 6.07) is 2.50. The fraction of sp³-hybridized carbons (Fsp3) is 0.458. The van der Waals surface area contributed by atoms with Crippen molar-refractivity contribution >= 4 is 23.4 Å². The van der Waals surface area contributed by atoms with Crippen molar-refractivity contribution in [2.24, 2.45) is 0 Å². The summed E-state index contributed by atoms with van der Waals surface area (Å²) in [5.41, 5.74) is 1.34. The van der Waals surface area contributed by atoms with E-state index in [0.717, 1.165) is 19.6 Å². The summed E-state index contributed by atoms with van der Waals surface area (Å²) in [5, 5.41) is 11.3. The van der Waals surface area contributed by atoms with Crippen molar-refractivity contribution in [3.63, 3.8) is 0 Å². The van der Waals surface area contributed by atoms with E-state index in [1.807, 2.05) is 0 Å². The first-order chi connectivity index (χ1) is 15.8. The number of nitrogens with one attached hydrogen (secondary N) is 1. The number of methoxy groups -OCH3 is 1. The lowest BCUT2D eigenvalue weighted by molar-refractivity contribution is -0.140. The van der Waals surface area contributed by atoms with Crippen molar-refractivity contribution in [1.82, 2.24) is 14.8 Å². The third-order valence-corrected chi connectivity index (χ3v) is 6.18. The number of H-pyrrole nitrogens is 1. The van der Waals surface area contributed by atoms with Gasteiger partial charge in [0, 0.05) is 17.8 Å². The lowest BCUT2D eigenvalue weighted by atomic mass is 9.97. The van der Waals surface area contributed by atoms with Gasteiger partial charge in [-0.05, 0) is 57.6 Å². The van der Waals surface area contributed by atoms with Gasteiger partial charge >= 0.3 is 5.97 Å². The van der Waals surface area contributed by atoms with Crippen LogP contribution < -0.4 is 0 Å². The zero-order chi connectivity index (χ0) is 24.3. The topological polar surface area (TPSA) is 116 Å². The van der Waals surface area contributed by atoms with Gasteiger partial charge in [-0.2, -0.15) is 0 Å². The molecule has 1 aliphatic heterocycles. The standard InChI is InChI=1S/C24H31N3O6/c1-6-26(7-2)11-9-12-27-20(16-10-8-13-33-16)18(22(29)23(27)30)21(28)17-14(3)19(24(31)32-5)25-15(17)4/h8,10,13,20,25,28H,6-7,9,11-12H2,1-5H3/b21-18+. The van der Waals surface area contributed by atoms with Crippen LogP contribution in [0.25, 0.3) is 5.76 Å². The summed E-state index contributed by atoms with van der Waals surface area (Å²) in [5.74, 6) is -2.01. The Morgan fingerprint density at radius 3 is 2.55 bits per heavy atom. The zero-order valence-corrected chi connectivity index (χ0v) is 19.7. The number of hydrogen-bond acceptors (Lipinski definition) is 7. The number of aliphatic hydroxyl groups is 1. The predicted octanol–water partition coefficient (Wildman–Crippen LogP) is 3.16. The van der Waals surface area contributed by atoms with Gasteiger partial charge in [0.25, 0.3) is 11.7 Å². The summed E-state index contributed by atoms with van der Waals surface area (Å²) >= 11 is 0. The van der Waals surface area contributed by atoms with Gasteiger partial charge in [-0.15, -0.1) is 0 Å². The van der Waals surface area contributed by atoms with Crippen molar-refractivity contribution in [3.05, 3.63) is 52.2 Å². The number of aromatic nitrogens is 1. The minimum atomic E-state index is -0.855. The van der Waals surface area contributed by atoms with Crippen molar-refractivity contribution in [2.45, 2.75) is 40.2 Å². The van der Waals surface area contributed by atoms with Crippen LogP contribution in [0.5, 0.6) is 0 Å². The van der Waals surface area contributed by atoms with Crippen LogP contribution in [0.1, 0.15) is 59.4 Å². The summed E-state index contributed by atoms with van der Waals surface area (Å²) in [7, 11) is 1.26. The molecule has 0 bridgehead atoms. The van der Waals surface area contributed by atoms with E-state index in [4.69, 9.17) is 9.15 Å². The van der Waals surface area contributed by atoms with Crippen LogP contribution in [0.3, 0.4) is 0 Å². The molecule has 3 heterocycles. The van der Waals surface area contributed by atoms with Gasteiger partial charge in [-0.25, -0.2) is 4.79 Å². The molecule has 3 rings (SSSR count). The Hall–Kier alpha value is -3.33. The number of aromatic amines is 1. The van der Waals surface area contributed by atoms with Crippen molar-refractivity contribution < 1.29 is 28.6 Å². The fourth-order valence-corrected chi connectivity index (χ4v) is 4.40. The van der Waals surface area contributed by atoms with Crippen LogP contribution in [-0.2, 0) is 14.3 Å². The van der Waals surface area contributed by atoms with Crippen LogP contribution in [-0.4, -0.2) is 70.8 Å². The predicted molar refractivity (Wildman–Crippen MR) is 122 cm³/mol. The lowest BCUT2D eigenvalue weighted by Gasteiger charge is -2.25. The normalized spacial score (nSPS) is 17.9. The average molecular weight is 458 g/mol. The molecule has 178 valence electrons. The maximum Gasteiger partial charge on any atom is 0.354 e. The molecule has 1 aliphatic rings. The molecular weight excluding hydrogens is 426 g/mol. The number of nitrogens with zero attached hydrogens (tertiary/aromatic N) is 2. The van der Waals surface area contributed by atoms with Crippen molar-refractivity contribution in [3.8, 4) is 0 Å². The monoisotopic (exact) mass is 457 g/mol. The van der Waals surface area contributed by atoms with E-state index < -0.39 is 23.7 Å². The number of ether oxygens (including phenoxy) is 1. The Morgan fingerprint density at radius 1 is 1.27 bits per heavy atom. The first-order valence-corrected chi connectivity index (χ1v) is 11.1. The smallest absolute Gasteiger partial charge is 0.354 e. The number of Topliss-reactive ketones (excluding diaryl/α,β-unsaturated/α-hetero) is 1. The largest absolute Gasteiger partial charge is 0.507 e. The van der Waals surface area contributed by atoms with Gasteiger partial charge in [-0.1, -0.05) is 13.8 Å². The van der Waals surface area contributed by atoms with E-state index >= 15 is 0 Å². The molecule has 0 saturated carbocycles. The quantitative estimate of drug-likeness (QED) is 0.257. The molecule has 2 aromatic rings. The highest BCUT2D eigenvalue weighted by molar-refractivity contribution is 6.46. The second-order valence-corrected chi connectivity index (χ2v) is 8.00. The highest BCUT2D eigenvalue weighted by atomic mass is 16.5. The molecule has 0 aromatic carbocycles. The highest BCUT2D eigenvalue weighted by Gasteiger charge is 2.47. The van der Waals surface area contributed by atoms with E-state index in [1.54, 1.807) is 26.0 Å².